The largest absolute Gasteiger partial charge is 0.481 e. The number of methoxy groups -OCH3 is 1. The standard InChI is InChI=1S/C11H13NO4.ClH/c1-16-11(15)8-4-2-3-7(5-8)9(12)6-10(13)14;/h2-5,9H,6,12H2,1H3,(H,13,14);1H/t9-;/m0./s1. The number of rotatable bonds is 4. The van der Waals surface area contributed by atoms with Gasteiger partial charge in [0.1, 0.15) is 0 Å². The Morgan fingerprint density at radius 3 is 2.65 bits per heavy atom. The van der Waals surface area contributed by atoms with E-state index in [1.165, 1.54) is 7.11 Å². The molecule has 0 aromatic heterocycles. The van der Waals surface area contributed by atoms with Crippen LogP contribution in [0.3, 0.4) is 0 Å². The monoisotopic (exact) mass is 259 g/mol. The van der Waals surface area contributed by atoms with E-state index in [9.17, 15) is 9.59 Å². The molecule has 0 aliphatic carbocycles. The van der Waals surface area contributed by atoms with E-state index < -0.39 is 18.0 Å². The molecule has 0 saturated heterocycles. The Bertz CT molecular complexity index is 408. The summed E-state index contributed by atoms with van der Waals surface area (Å²) in [5.41, 5.74) is 6.64. The summed E-state index contributed by atoms with van der Waals surface area (Å²) in [5, 5.41) is 8.60. The number of hydrogen-bond donors (Lipinski definition) is 2. The van der Waals surface area contributed by atoms with Gasteiger partial charge in [0, 0.05) is 6.04 Å². The number of carboxylic acid groups (broad SMARTS) is 1. The third kappa shape index (κ3) is 4.42. The summed E-state index contributed by atoms with van der Waals surface area (Å²) in [6.45, 7) is 0. The molecular weight excluding hydrogens is 246 g/mol. The third-order valence-electron chi connectivity index (χ3n) is 2.13. The molecule has 5 nitrogen and oxygen atoms in total. The van der Waals surface area contributed by atoms with Crippen molar-refractivity contribution in [1.29, 1.82) is 0 Å². The van der Waals surface area contributed by atoms with Crippen LogP contribution in [0.25, 0.3) is 0 Å². The van der Waals surface area contributed by atoms with Crippen molar-refractivity contribution in [3.63, 3.8) is 0 Å². The van der Waals surface area contributed by atoms with Crippen LogP contribution in [0.1, 0.15) is 28.4 Å². The third-order valence-corrected chi connectivity index (χ3v) is 2.13. The van der Waals surface area contributed by atoms with Gasteiger partial charge >= 0.3 is 11.9 Å². The Balaban J connectivity index is 0.00000256. The van der Waals surface area contributed by atoms with Gasteiger partial charge in [0.05, 0.1) is 19.1 Å². The molecule has 94 valence electrons. The molecule has 3 N–H and O–H groups in total. The second-order valence-electron chi connectivity index (χ2n) is 3.32. The fourth-order valence-corrected chi connectivity index (χ4v) is 1.32. The van der Waals surface area contributed by atoms with Crippen LogP contribution in [-0.2, 0) is 9.53 Å². The first kappa shape index (κ1) is 15.4. The number of ether oxygens (including phenoxy) is 1. The van der Waals surface area contributed by atoms with Crippen LogP contribution >= 0.6 is 12.4 Å². The molecule has 6 heteroatoms. The number of carbonyl (C=O) groups is 2. The molecule has 0 amide bonds. The highest BCUT2D eigenvalue weighted by atomic mass is 35.5. The summed E-state index contributed by atoms with van der Waals surface area (Å²) in [6, 6.07) is 5.83. The minimum Gasteiger partial charge on any atom is -0.481 e. The average molecular weight is 260 g/mol. The van der Waals surface area contributed by atoms with Crippen LogP contribution in [0.5, 0.6) is 0 Å². The van der Waals surface area contributed by atoms with Gasteiger partial charge in [0.15, 0.2) is 0 Å². The molecule has 0 heterocycles. The van der Waals surface area contributed by atoms with Crippen molar-refractivity contribution in [2.24, 2.45) is 5.73 Å². The first-order valence-electron chi connectivity index (χ1n) is 4.70. The maximum absolute atomic E-state index is 11.2. The lowest BCUT2D eigenvalue weighted by Crippen LogP contribution is -2.15. The number of aliphatic carboxylic acids is 1. The molecule has 0 unspecified atom stereocenters. The lowest BCUT2D eigenvalue weighted by atomic mass is 10.0. The number of carboxylic acids is 1. The highest BCUT2D eigenvalue weighted by Gasteiger charge is 2.13. The SMILES string of the molecule is COC(=O)c1cccc([C@@H](N)CC(=O)O)c1.Cl. The molecular formula is C11H14ClNO4. The Labute approximate surface area is 105 Å². The van der Waals surface area contributed by atoms with Crippen molar-refractivity contribution in [3.8, 4) is 0 Å². The number of nitrogens with two attached hydrogens (primary N) is 1. The van der Waals surface area contributed by atoms with Crippen LogP contribution in [0, 0.1) is 0 Å². The van der Waals surface area contributed by atoms with E-state index in [4.69, 9.17) is 10.8 Å². The normalized spacial score (nSPS) is 11.2. The Kier molecular flexibility index (Phi) is 6.23. The highest BCUT2D eigenvalue weighted by molar-refractivity contribution is 5.89. The quantitative estimate of drug-likeness (QED) is 0.797. The number of hydrogen-bond acceptors (Lipinski definition) is 4. The van der Waals surface area contributed by atoms with Gasteiger partial charge in [-0.05, 0) is 17.7 Å². The van der Waals surface area contributed by atoms with E-state index in [0.717, 1.165) is 0 Å². The zero-order valence-corrected chi connectivity index (χ0v) is 10.1. The molecule has 1 aromatic rings. The Morgan fingerprint density at radius 1 is 1.47 bits per heavy atom. The molecule has 1 aromatic carbocycles. The van der Waals surface area contributed by atoms with E-state index in [0.29, 0.717) is 11.1 Å². The summed E-state index contributed by atoms with van der Waals surface area (Å²) < 4.78 is 4.56. The van der Waals surface area contributed by atoms with Crippen molar-refractivity contribution < 1.29 is 19.4 Å². The first-order chi connectivity index (χ1) is 7.54. The summed E-state index contributed by atoms with van der Waals surface area (Å²) >= 11 is 0. The number of carbonyl (C=O) groups excluding carboxylic acids is 1. The number of halogens is 1. The predicted octanol–water partition coefficient (Wildman–Crippen LogP) is 1.37. The summed E-state index contributed by atoms with van der Waals surface area (Å²) in [5.74, 6) is -1.44. The van der Waals surface area contributed by atoms with Crippen LogP contribution in [0.2, 0.25) is 0 Å². The second-order valence-corrected chi connectivity index (χ2v) is 3.32. The lowest BCUT2D eigenvalue weighted by molar-refractivity contribution is -0.137. The fraction of sp³-hybridized carbons (Fsp3) is 0.273. The van der Waals surface area contributed by atoms with Crippen LogP contribution < -0.4 is 5.73 Å². The van der Waals surface area contributed by atoms with Crippen molar-refractivity contribution in [2.45, 2.75) is 12.5 Å². The molecule has 0 saturated carbocycles. The van der Waals surface area contributed by atoms with Gasteiger partial charge < -0.3 is 15.6 Å². The maximum atomic E-state index is 11.2. The van der Waals surface area contributed by atoms with E-state index in [1.54, 1.807) is 24.3 Å². The van der Waals surface area contributed by atoms with Gasteiger partial charge in [-0.25, -0.2) is 4.79 Å². The molecule has 1 atom stereocenters. The molecule has 17 heavy (non-hydrogen) atoms. The maximum Gasteiger partial charge on any atom is 0.337 e. The summed E-state index contributed by atoms with van der Waals surface area (Å²) in [6.07, 6.45) is -0.176. The van der Waals surface area contributed by atoms with Crippen LogP contribution in [0.4, 0.5) is 0 Å². The molecule has 0 aliphatic heterocycles. The lowest BCUT2D eigenvalue weighted by Gasteiger charge is -2.10. The Morgan fingerprint density at radius 2 is 2.12 bits per heavy atom. The van der Waals surface area contributed by atoms with Gasteiger partial charge in [0.25, 0.3) is 0 Å². The number of esters is 1. The predicted molar refractivity (Wildman–Crippen MR) is 64.2 cm³/mol. The minimum absolute atomic E-state index is 0. The zero-order chi connectivity index (χ0) is 12.1. The molecule has 0 radical (unpaired) electrons. The Hall–Kier alpha value is -1.59. The van der Waals surface area contributed by atoms with Gasteiger partial charge in [-0.1, -0.05) is 12.1 Å². The topological polar surface area (TPSA) is 89.6 Å². The van der Waals surface area contributed by atoms with Gasteiger partial charge in [0.2, 0.25) is 0 Å². The smallest absolute Gasteiger partial charge is 0.337 e. The van der Waals surface area contributed by atoms with Crippen molar-refractivity contribution >= 4 is 24.3 Å². The van der Waals surface area contributed by atoms with Gasteiger partial charge in [-0.3, -0.25) is 4.79 Å². The van der Waals surface area contributed by atoms with E-state index in [1.807, 2.05) is 0 Å². The zero-order valence-electron chi connectivity index (χ0n) is 9.25. The van der Waals surface area contributed by atoms with E-state index in [2.05, 4.69) is 4.74 Å². The molecule has 0 bridgehead atoms. The molecule has 0 spiro atoms. The highest BCUT2D eigenvalue weighted by Crippen LogP contribution is 2.16. The summed E-state index contributed by atoms with van der Waals surface area (Å²) in [4.78, 5) is 21.7. The van der Waals surface area contributed by atoms with Crippen LogP contribution in [0.15, 0.2) is 24.3 Å². The average Bonchev–Trinajstić information content (AvgIpc) is 2.27. The van der Waals surface area contributed by atoms with Crippen molar-refractivity contribution in [3.05, 3.63) is 35.4 Å². The van der Waals surface area contributed by atoms with Crippen molar-refractivity contribution in [2.75, 3.05) is 7.11 Å². The van der Waals surface area contributed by atoms with E-state index in [-0.39, 0.29) is 18.8 Å². The molecule has 0 fully saturated rings. The van der Waals surface area contributed by atoms with E-state index >= 15 is 0 Å². The van der Waals surface area contributed by atoms with Gasteiger partial charge in [-0.2, -0.15) is 0 Å². The fourth-order valence-electron chi connectivity index (χ4n) is 1.32. The van der Waals surface area contributed by atoms with Gasteiger partial charge in [-0.15, -0.1) is 12.4 Å². The molecule has 1 rings (SSSR count). The summed E-state index contributed by atoms with van der Waals surface area (Å²) in [7, 11) is 1.28. The van der Waals surface area contributed by atoms with Crippen molar-refractivity contribution in [1.82, 2.24) is 0 Å². The molecule has 0 aliphatic rings. The first-order valence-corrected chi connectivity index (χ1v) is 4.70. The minimum atomic E-state index is -0.976. The van der Waals surface area contributed by atoms with Crippen LogP contribution in [-0.4, -0.2) is 24.2 Å². The number of benzene rings is 1. The second kappa shape index (κ2) is 6.88.